The zero-order chi connectivity index (χ0) is 21.1. The van der Waals surface area contributed by atoms with E-state index in [0.29, 0.717) is 16.1 Å². The number of nitrogens with one attached hydrogen (secondary N) is 3. The topological polar surface area (TPSA) is 101 Å². The van der Waals surface area contributed by atoms with Gasteiger partial charge in [-0.3, -0.25) is 14.8 Å². The van der Waals surface area contributed by atoms with Gasteiger partial charge in [-0.2, -0.15) is 0 Å². The fraction of sp³-hybridized carbons (Fsp3) is 0.250. The van der Waals surface area contributed by atoms with E-state index in [-0.39, 0.29) is 64.7 Å². The van der Waals surface area contributed by atoms with Crippen LogP contribution >= 0.6 is 24.4 Å². The Hall–Kier alpha value is -1.47. The number of carboxylic acids is 1. The number of hydrogen-bond donors (Lipinski definition) is 3. The van der Waals surface area contributed by atoms with Crippen molar-refractivity contribution < 1.29 is 66.0 Å². The van der Waals surface area contributed by atoms with Crippen molar-refractivity contribution in [2.45, 2.75) is 12.8 Å². The first-order valence-corrected chi connectivity index (χ1v) is 10.3. The molecule has 3 N–H and O–H groups in total. The minimum atomic E-state index is -1.07. The molecule has 0 radical (unpaired) electrons. The van der Waals surface area contributed by atoms with Gasteiger partial charge in [-0.05, 0) is 79.2 Å². The first-order valence-electron chi connectivity index (χ1n) is 9.46. The van der Waals surface area contributed by atoms with Crippen LogP contribution < -0.4 is 71.4 Å². The van der Waals surface area contributed by atoms with Crippen molar-refractivity contribution in [3.8, 4) is 11.4 Å². The van der Waals surface area contributed by atoms with Crippen LogP contribution in [0.3, 0.4) is 0 Å². The Balaban J connectivity index is 0.00000272. The number of rotatable bonds is 7. The molecule has 2 aromatic carbocycles. The number of anilines is 2. The maximum Gasteiger partial charge on any atom is 1.00 e. The van der Waals surface area contributed by atoms with Crippen LogP contribution in [0.1, 0.15) is 12.0 Å². The molecule has 0 saturated heterocycles. The Morgan fingerprint density at radius 3 is 2.68 bits per heavy atom. The molecule has 0 bridgehead atoms. The van der Waals surface area contributed by atoms with Crippen LogP contribution in [-0.2, 0) is 11.2 Å². The summed E-state index contributed by atoms with van der Waals surface area (Å²) >= 11 is 10.5. The smallest absolute Gasteiger partial charge is 0.548 e. The van der Waals surface area contributed by atoms with Gasteiger partial charge in [0.2, 0.25) is 0 Å². The summed E-state index contributed by atoms with van der Waals surface area (Å²) in [5, 5.41) is 19.8. The fourth-order valence-electron chi connectivity index (χ4n) is 3.56. The van der Waals surface area contributed by atoms with Crippen molar-refractivity contribution in [3.63, 3.8) is 0 Å². The molecule has 3 aromatic rings. The van der Waals surface area contributed by atoms with Gasteiger partial charge in [-0.25, -0.2) is 0 Å². The molecule has 4 rings (SSSR count). The van der Waals surface area contributed by atoms with Crippen LogP contribution in [0.15, 0.2) is 42.5 Å². The van der Waals surface area contributed by atoms with Crippen LogP contribution in [0.25, 0.3) is 5.69 Å². The van der Waals surface area contributed by atoms with Gasteiger partial charge in [-0.15, -0.1) is 0 Å². The molecule has 2 heterocycles. The average molecular weight is 482 g/mol. The van der Waals surface area contributed by atoms with Crippen LogP contribution in [-0.4, -0.2) is 40.6 Å². The zero-order valence-electron chi connectivity index (χ0n) is 17.0. The molecule has 31 heavy (non-hydrogen) atoms. The second kappa shape index (κ2) is 10.9. The van der Waals surface area contributed by atoms with Crippen LogP contribution in [0.2, 0.25) is 0 Å². The van der Waals surface area contributed by atoms with Gasteiger partial charge in [0.1, 0.15) is 5.75 Å². The third-order valence-electron chi connectivity index (χ3n) is 4.89. The number of nitrogens with zero attached hydrogens (tertiary/aromatic N) is 2. The SMILES string of the molecule is O=C([O-])CN1CCCc2cc(OCNc3cccc(-n4c(=S)[nH][nH]c4=S)c3)ccc21.[K+]. The maximum atomic E-state index is 11.0. The number of H-pyrrole nitrogens is 2. The largest absolute Gasteiger partial charge is 1.00 e. The minimum absolute atomic E-state index is 0. The maximum absolute atomic E-state index is 11.0. The summed E-state index contributed by atoms with van der Waals surface area (Å²) in [5.74, 6) is -0.348. The minimum Gasteiger partial charge on any atom is -0.548 e. The van der Waals surface area contributed by atoms with E-state index in [1.54, 1.807) is 4.57 Å². The number of benzene rings is 2. The number of hydrogen-bond acceptors (Lipinski definition) is 7. The first-order chi connectivity index (χ1) is 14.5. The summed E-state index contributed by atoms with van der Waals surface area (Å²) in [5.41, 5.74) is 3.72. The van der Waals surface area contributed by atoms with Gasteiger partial charge < -0.3 is 24.9 Å². The number of aryl methyl sites for hydroxylation is 1. The number of aromatic nitrogens is 3. The first kappa shape index (κ1) is 24.2. The quantitative estimate of drug-likeness (QED) is 0.239. The van der Waals surface area contributed by atoms with Gasteiger partial charge >= 0.3 is 51.4 Å². The monoisotopic (exact) mass is 481 g/mol. The van der Waals surface area contributed by atoms with Gasteiger partial charge in [0.15, 0.2) is 16.3 Å². The van der Waals surface area contributed by atoms with E-state index in [0.717, 1.165) is 41.2 Å². The van der Waals surface area contributed by atoms with Crippen molar-refractivity contribution in [1.29, 1.82) is 0 Å². The molecule has 0 fully saturated rings. The second-order valence-corrected chi connectivity index (χ2v) is 7.67. The van der Waals surface area contributed by atoms with Crippen LogP contribution in [0, 0.1) is 9.54 Å². The Bertz CT molecular complexity index is 1160. The normalized spacial score (nSPS) is 12.6. The van der Waals surface area contributed by atoms with E-state index in [2.05, 4.69) is 15.5 Å². The Morgan fingerprint density at radius 1 is 1.16 bits per heavy atom. The molecule has 11 heteroatoms. The summed E-state index contributed by atoms with van der Waals surface area (Å²) in [6.45, 7) is 0.893. The molecular weight excluding hydrogens is 461 g/mol. The molecule has 1 aliphatic rings. The second-order valence-electron chi connectivity index (χ2n) is 6.90. The van der Waals surface area contributed by atoms with Crippen molar-refractivity contribution in [2.24, 2.45) is 0 Å². The summed E-state index contributed by atoms with van der Waals surface area (Å²) in [4.78, 5) is 12.8. The molecular formula is C20H20KN5O3S2. The summed E-state index contributed by atoms with van der Waals surface area (Å²) in [6.07, 6.45) is 1.79. The van der Waals surface area contributed by atoms with E-state index in [1.807, 2.05) is 47.4 Å². The number of fused-ring (bicyclic) bond motifs is 1. The zero-order valence-corrected chi connectivity index (χ0v) is 21.8. The van der Waals surface area contributed by atoms with E-state index in [1.165, 1.54) is 0 Å². The van der Waals surface area contributed by atoms with Gasteiger partial charge in [0, 0.05) is 17.9 Å². The molecule has 0 saturated carbocycles. The third kappa shape index (κ3) is 5.86. The molecule has 0 unspecified atom stereocenters. The van der Waals surface area contributed by atoms with Crippen molar-refractivity contribution >= 4 is 41.8 Å². The number of carbonyl (C=O) groups is 1. The molecule has 1 aromatic heterocycles. The Labute approximate surface area is 232 Å². The predicted molar refractivity (Wildman–Crippen MR) is 117 cm³/mol. The van der Waals surface area contributed by atoms with Crippen molar-refractivity contribution in [3.05, 3.63) is 57.6 Å². The standard InChI is InChI=1S/C20H21N5O3S2.K/c26-18(27)11-24-8-2-3-13-9-16(6-7-17(13)24)28-12-21-14-4-1-5-15(10-14)25-19(29)22-23-20(25)30;/h1,4-7,9-10,21H,2-3,8,11-12H2,(H,22,29)(H,23,30)(H,26,27);/q;+1/p-1. The van der Waals surface area contributed by atoms with E-state index >= 15 is 0 Å². The van der Waals surface area contributed by atoms with E-state index in [4.69, 9.17) is 29.2 Å². The van der Waals surface area contributed by atoms with Crippen LogP contribution in [0.4, 0.5) is 11.4 Å². The number of aromatic amines is 2. The summed E-state index contributed by atoms with van der Waals surface area (Å²) < 4.78 is 8.58. The molecule has 0 atom stereocenters. The predicted octanol–water partition coefficient (Wildman–Crippen LogP) is -0.453. The number of carboxylic acid groups (broad SMARTS) is 1. The molecule has 1 aliphatic heterocycles. The Kier molecular flexibility index (Phi) is 8.50. The summed E-state index contributed by atoms with van der Waals surface area (Å²) in [6, 6.07) is 13.4. The number of carbonyl (C=O) groups excluding carboxylic acids is 1. The molecule has 0 spiro atoms. The third-order valence-corrected chi connectivity index (χ3v) is 5.46. The summed E-state index contributed by atoms with van der Waals surface area (Å²) in [7, 11) is 0. The molecule has 8 nitrogen and oxygen atoms in total. The van der Waals surface area contributed by atoms with Gasteiger partial charge in [0.25, 0.3) is 0 Å². The van der Waals surface area contributed by atoms with E-state index in [9.17, 15) is 9.90 Å². The van der Waals surface area contributed by atoms with Crippen LogP contribution in [0.5, 0.6) is 5.75 Å². The molecule has 156 valence electrons. The Morgan fingerprint density at radius 2 is 1.94 bits per heavy atom. The number of aliphatic carboxylic acids is 1. The fourth-order valence-corrected chi connectivity index (χ4v) is 4.12. The van der Waals surface area contributed by atoms with Crippen molar-refractivity contribution in [2.75, 3.05) is 30.0 Å². The molecule has 0 amide bonds. The molecule has 0 aliphatic carbocycles. The van der Waals surface area contributed by atoms with Gasteiger partial charge in [-0.1, -0.05) is 6.07 Å². The van der Waals surface area contributed by atoms with Crippen molar-refractivity contribution in [1.82, 2.24) is 14.8 Å². The van der Waals surface area contributed by atoms with E-state index < -0.39 is 5.97 Å². The van der Waals surface area contributed by atoms with Gasteiger partial charge in [0.05, 0.1) is 18.2 Å². The number of ether oxygens (including phenoxy) is 1. The average Bonchev–Trinajstić information content (AvgIpc) is 3.06.